The normalized spacial score (nSPS) is 34.9. The first-order valence-corrected chi connectivity index (χ1v) is 4.51. The highest BCUT2D eigenvalue weighted by atomic mass is 16.8. The lowest BCUT2D eigenvalue weighted by Gasteiger charge is -2.22. The molecule has 0 spiro atoms. The fourth-order valence-electron chi connectivity index (χ4n) is 1.61. The van der Waals surface area contributed by atoms with E-state index >= 15 is 0 Å². The Balaban J connectivity index is 2.40. The highest BCUT2D eigenvalue weighted by Gasteiger charge is 2.47. The Hall–Kier alpha value is -1.23. The Labute approximate surface area is 81.7 Å². The molecule has 2 N–H and O–H groups in total. The Bertz CT molecular complexity index is 321. The van der Waals surface area contributed by atoms with Gasteiger partial charge in [0.25, 0.3) is 5.91 Å². The largest absolute Gasteiger partial charge is 0.507 e. The molecule has 0 radical (unpaired) electrons. The Morgan fingerprint density at radius 3 is 2.79 bits per heavy atom. The monoisotopic (exact) mass is 199 g/mol. The summed E-state index contributed by atoms with van der Waals surface area (Å²) in [7, 11) is 0. The zero-order chi connectivity index (χ0) is 10.5. The first-order valence-electron chi connectivity index (χ1n) is 4.51. The maximum Gasteiger partial charge on any atom is 0.257 e. The topological polar surface area (TPSA) is 67.8 Å². The van der Waals surface area contributed by atoms with Crippen LogP contribution in [-0.2, 0) is 14.3 Å². The van der Waals surface area contributed by atoms with Crippen molar-refractivity contribution in [2.45, 2.75) is 38.7 Å². The lowest BCUT2D eigenvalue weighted by Crippen LogP contribution is -2.46. The van der Waals surface area contributed by atoms with Crippen LogP contribution in [0.5, 0.6) is 0 Å². The molecule has 0 aromatic heterocycles. The molecule has 1 fully saturated rings. The molecule has 1 amide bonds. The summed E-state index contributed by atoms with van der Waals surface area (Å²) in [6.07, 6.45) is -0.804. The summed E-state index contributed by atoms with van der Waals surface area (Å²) in [5, 5.41) is 12.2. The highest BCUT2D eigenvalue weighted by Crippen LogP contribution is 2.35. The average Bonchev–Trinajstić information content (AvgIpc) is 2.38. The van der Waals surface area contributed by atoms with Crippen LogP contribution in [0.4, 0.5) is 0 Å². The van der Waals surface area contributed by atoms with Crippen molar-refractivity contribution in [3.05, 3.63) is 11.5 Å². The van der Waals surface area contributed by atoms with Crippen molar-refractivity contribution in [2.24, 2.45) is 0 Å². The molecule has 78 valence electrons. The van der Waals surface area contributed by atoms with Crippen molar-refractivity contribution in [2.75, 3.05) is 0 Å². The summed E-state index contributed by atoms with van der Waals surface area (Å²) in [4.78, 5) is 11.5. The highest BCUT2D eigenvalue weighted by molar-refractivity contribution is 5.86. The van der Waals surface area contributed by atoms with Gasteiger partial charge in [-0.2, -0.15) is 0 Å². The number of carbonyl (C=O) groups excluding carboxylic acids is 1. The van der Waals surface area contributed by atoms with Gasteiger partial charge in [0, 0.05) is 13.8 Å². The van der Waals surface area contributed by atoms with E-state index in [1.54, 1.807) is 20.8 Å². The molecule has 2 rings (SSSR count). The first-order chi connectivity index (χ1) is 6.41. The minimum atomic E-state index is -0.852. The summed E-state index contributed by atoms with van der Waals surface area (Å²) in [5.74, 6) is -0.836. The second kappa shape index (κ2) is 2.63. The quantitative estimate of drug-likeness (QED) is 0.593. The molecule has 2 aliphatic heterocycles. The number of nitrogens with one attached hydrogen (secondary N) is 1. The number of hydrogen-bond acceptors (Lipinski definition) is 4. The lowest BCUT2D eigenvalue weighted by atomic mass is 10.1. The summed E-state index contributed by atoms with van der Waals surface area (Å²) in [6, 6.07) is -0.411. The fraction of sp³-hybridized carbons (Fsp3) is 0.667. The number of fused-ring (bicyclic) bond motifs is 1. The van der Waals surface area contributed by atoms with Crippen LogP contribution in [0.15, 0.2) is 11.5 Å². The van der Waals surface area contributed by atoms with Crippen LogP contribution >= 0.6 is 0 Å². The van der Waals surface area contributed by atoms with Crippen molar-refractivity contribution >= 4 is 5.91 Å². The average molecular weight is 199 g/mol. The standard InChI is InChI=1S/C9H13NO4/c1-4-5(11)6-7(8(12)10-4)14-9(2,3)13-6/h4,7,11H,1-3H3,(H,10,12)/t4-,7+/m0/s1. The van der Waals surface area contributed by atoms with Crippen LogP contribution in [0.25, 0.3) is 0 Å². The van der Waals surface area contributed by atoms with Gasteiger partial charge in [0.1, 0.15) is 0 Å². The number of aliphatic hydroxyl groups is 1. The number of aliphatic hydroxyl groups excluding tert-OH is 1. The molecule has 2 aliphatic rings. The number of hydrogen-bond donors (Lipinski definition) is 2. The predicted molar refractivity (Wildman–Crippen MR) is 47.3 cm³/mol. The molecule has 0 unspecified atom stereocenters. The van der Waals surface area contributed by atoms with Crippen molar-refractivity contribution in [3.8, 4) is 0 Å². The molecule has 1 saturated heterocycles. The van der Waals surface area contributed by atoms with Crippen LogP contribution < -0.4 is 5.32 Å². The number of ether oxygens (including phenoxy) is 2. The Morgan fingerprint density at radius 2 is 2.14 bits per heavy atom. The van der Waals surface area contributed by atoms with E-state index in [1.165, 1.54) is 0 Å². The molecule has 0 aromatic rings. The van der Waals surface area contributed by atoms with Crippen LogP contribution in [0.2, 0.25) is 0 Å². The number of carbonyl (C=O) groups is 1. The third kappa shape index (κ3) is 1.24. The smallest absolute Gasteiger partial charge is 0.257 e. The van der Waals surface area contributed by atoms with Gasteiger partial charge in [0.2, 0.25) is 11.9 Å². The molecule has 14 heavy (non-hydrogen) atoms. The number of rotatable bonds is 0. The van der Waals surface area contributed by atoms with Gasteiger partial charge in [-0.1, -0.05) is 0 Å². The summed E-state index contributed by atoms with van der Waals surface area (Å²) < 4.78 is 10.7. The maximum absolute atomic E-state index is 11.5. The zero-order valence-electron chi connectivity index (χ0n) is 8.33. The molecule has 5 heteroatoms. The van der Waals surface area contributed by atoms with Gasteiger partial charge in [0.05, 0.1) is 6.04 Å². The van der Waals surface area contributed by atoms with Crippen LogP contribution in [0.1, 0.15) is 20.8 Å². The van der Waals surface area contributed by atoms with E-state index in [0.717, 1.165) is 0 Å². The molecule has 0 bridgehead atoms. The van der Waals surface area contributed by atoms with Crippen LogP contribution in [0.3, 0.4) is 0 Å². The first kappa shape index (κ1) is 9.33. The minimum Gasteiger partial charge on any atom is -0.507 e. The molecule has 2 heterocycles. The van der Waals surface area contributed by atoms with Crippen LogP contribution in [-0.4, -0.2) is 28.9 Å². The van der Waals surface area contributed by atoms with E-state index in [9.17, 15) is 9.90 Å². The fourth-order valence-corrected chi connectivity index (χ4v) is 1.61. The number of amides is 1. The van der Waals surface area contributed by atoms with E-state index in [-0.39, 0.29) is 17.4 Å². The second-order valence-electron chi connectivity index (χ2n) is 3.98. The van der Waals surface area contributed by atoms with Gasteiger partial charge in [0.15, 0.2) is 11.5 Å². The third-order valence-electron chi connectivity index (χ3n) is 2.26. The predicted octanol–water partition coefficient (Wildman–Crippen LogP) is 0.426. The van der Waals surface area contributed by atoms with Crippen molar-refractivity contribution in [3.63, 3.8) is 0 Å². The van der Waals surface area contributed by atoms with Crippen LogP contribution in [0, 0.1) is 0 Å². The van der Waals surface area contributed by atoms with E-state index in [4.69, 9.17) is 9.47 Å². The van der Waals surface area contributed by atoms with E-state index in [2.05, 4.69) is 5.32 Å². The Kier molecular flexibility index (Phi) is 1.75. The van der Waals surface area contributed by atoms with Crippen molar-refractivity contribution in [1.82, 2.24) is 5.32 Å². The van der Waals surface area contributed by atoms with Gasteiger partial charge >= 0.3 is 0 Å². The van der Waals surface area contributed by atoms with Gasteiger partial charge in [-0.25, -0.2) is 0 Å². The molecule has 0 saturated carbocycles. The van der Waals surface area contributed by atoms with E-state index in [0.29, 0.717) is 0 Å². The van der Waals surface area contributed by atoms with Crippen molar-refractivity contribution < 1.29 is 19.4 Å². The van der Waals surface area contributed by atoms with Gasteiger partial charge in [-0.3, -0.25) is 4.79 Å². The van der Waals surface area contributed by atoms with Crippen molar-refractivity contribution in [1.29, 1.82) is 0 Å². The maximum atomic E-state index is 11.5. The molecule has 0 aromatic carbocycles. The SMILES string of the molecule is C[C@@H]1NC(=O)[C@@H]2OC(C)(C)OC2=C1O. The molecule has 0 aliphatic carbocycles. The summed E-state index contributed by atoms with van der Waals surface area (Å²) >= 11 is 0. The van der Waals surface area contributed by atoms with E-state index in [1.807, 2.05) is 0 Å². The lowest BCUT2D eigenvalue weighted by molar-refractivity contribution is -0.151. The molecular formula is C9H13NO4. The molecule has 5 nitrogen and oxygen atoms in total. The van der Waals surface area contributed by atoms with Gasteiger partial charge < -0.3 is 19.9 Å². The zero-order valence-corrected chi connectivity index (χ0v) is 8.33. The van der Waals surface area contributed by atoms with Gasteiger partial charge in [-0.05, 0) is 6.92 Å². The summed E-state index contributed by atoms with van der Waals surface area (Å²) in [6.45, 7) is 5.08. The third-order valence-corrected chi connectivity index (χ3v) is 2.26. The second-order valence-corrected chi connectivity index (χ2v) is 3.98. The minimum absolute atomic E-state index is 0.0418. The molecule has 2 atom stereocenters. The van der Waals surface area contributed by atoms with Gasteiger partial charge in [-0.15, -0.1) is 0 Å². The Morgan fingerprint density at radius 1 is 1.50 bits per heavy atom. The molecular weight excluding hydrogens is 186 g/mol. The van der Waals surface area contributed by atoms with E-state index < -0.39 is 17.9 Å². The summed E-state index contributed by atoms with van der Waals surface area (Å²) in [5.41, 5.74) is 0.